The molecule has 1 N–H and O–H groups in total. The van der Waals surface area contributed by atoms with E-state index < -0.39 is 10.0 Å². The van der Waals surface area contributed by atoms with Crippen molar-refractivity contribution in [2.75, 3.05) is 13.1 Å². The van der Waals surface area contributed by atoms with Gasteiger partial charge in [-0.3, -0.25) is 14.2 Å². The molecule has 10 heteroatoms. The molecule has 136 valence electrons. The average molecular weight is 366 g/mol. The van der Waals surface area contributed by atoms with Gasteiger partial charge in [0.05, 0.1) is 18.3 Å². The number of carbonyl (C=O) groups excluding carboxylic acids is 1. The van der Waals surface area contributed by atoms with Crippen LogP contribution in [0.3, 0.4) is 0 Å². The molecule has 0 aromatic carbocycles. The van der Waals surface area contributed by atoms with E-state index in [1.807, 2.05) is 13.2 Å². The summed E-state index contributed by atoms with van der Waals surface area (Å²) in [6.07, 6.45) is 7.67. The van der Waals surface area contributed by atoms with Gasteiger partial charge in [0.15, 0.2) is 0 Å². The van der Waals surface area contributed by atoms with E-state index in [4.69, 9.17) is 0 Å². The molecule has 25 heavy (non-hydrogen) atoms. The van der Waals surface area contributed by atoms with E-state index in [-0.39, 0.29) is 23.3 Å². The number of nitrogens with zero attached hydrogens (tertiary/aromatic N) is 5. The summed E-state index contributed by atoms with van der Waals surface area (Å²) in [5.74, 6) is -0.480. The van der Waals surface area contributed by atoms with Crippen molar-refractivity contribution in [2.45, 2.75) is 24.3 Å². The normalized spacial score (nSPS) is 19.0. The lowest BCUT2D eigenvalue weighted by Gasteiger charge is -2.30. The van der Waals surface area contributed by atoms with Crippen molar-refractivity contribution in [3.05, 3.63) is 30.4 Å². The first-order chi connectivity index (χ1) is 11.9. The highest BCUT2D eigenvalue weighted by atomic mass is 32.2. The largest absolute Gasteiger partial charge is 0.352 e. The Morgan fingerprint density at radius 1 is 1.24 bits per heavy atom. The number of nitrogens with one attached hydrogen (secondary N) is 1. The maximum atomic E-state index is 12.7. The Bertz CT molecular complexity index is 856. The van der Waals surface area contributed by atoms with Crippen molar-refractivity contribution >= 4 is 15.9 Å². The highest BCUT2D eigenvalue weighted by Gasteiger charge is 2.33. The predicted octanol–water partition coefficient (Wildman–Crippen LogP) is -0.129. The van der Waals surface area contributed by atoms with E-state index in [9.17, 15) is 13.2 Å². The minimum atomic E-state index is -3.61. The van der Waals surface area contributed by atoms with Crippen LogP contribution in [0.15, 0.2) is 29.7 Å². The highest BCUT2D eigenvalue weighted by Crippen LogP contribution is 2.23. The van der Waals surface area contributed by atoms with Crippen LogP contribution in [0.25, 0.3) is 0 Å². The number of piperidine rings is 1. The van der Waals surface area contributed by atoms with Crippen LogP contribution < -0.4 is 5.32 Å². The number of rotatable bonds is 5. The van der Waals surface area contributed by atoms with Crippen molar-refractivity contribution in [1.82, 2.24) is 29.2 Å². The number of hydrogen-bond donors (Lipinski definition) is 1. The van der Waals surface area contributed by atoms with Gasteiger partial charge in [-0.2, -0.15) is 14.5 Å². The number of sulfonamides is 1. The third-order valence-electron chi connectivity index (χ3n) is 4.30. The molecule has 1 atom stereocenters. The van der Waals surface area contributed by atoms with Gasteiger partial charge in [-0.25, -0.2) is 8.42 Å². The third kappa shape index (κ3) is 3.90. The second-order valence-corrected chi connectivity index (χ2v) is 8.23. The molecule has 1 aliphatic rings. The summed E-state index contributed by atoms with van der Waals surface area (Å²) in [5, 5.41) is 10.8. The van der Waals surface area contributed by atoms with Gasteiger partial charge in [-0.1, -0.05) is 0 Å². The lowest BCUT2D eigenvalue weighted by Crippen LogP contribution is -2.45. The fourth-order valence-electron chi connectivity index (χ4n) is 2.95. The Morgan fingerprint density at radius 2 is 1.96 bits per heavy atom. The molecule has 9 nitrogen and oxygen atoms in total. The summed E-state index contributed by atoms with van der Waals surface area (Å²) in [6, 6.07) is 0. The van der Waals surface area contributed by atoms with Crippen LogP contribution >= 0.6 is 0 Å². The number of amides is 1. The molecule has 1 saturated heterocycles. The van der Waals surface area contributed by atoms with Crippen molar-refractivity contribution in [2.24, 2.45) is 20.0 Å². The Labute approximate surface area is 146 Å². The topological polar surface area (TPSA) is 102 Å². The van der Waals surface area contributed by atoms with Crippen molar-refractivity contribution in [3.63, 3.8) is 0 Å². The molecule has 0 bridgehead atoms. The van der Waals surface area contributed by atoms with Gasteiger partial charge >= 0.3 is 0 Å². The lowest BCUT2D eigenvalue weighted by molar-refractivity contribution is -0.126. The van der Waals surface area contributed by atoms with Crippen molar-refractivity contribution in [1.29, 1.82) is 0 Å². The van der Waals surface area contributed by atoms with E-state index in [1.54, 1.807) is 17.9 Å². The molecule has 0 spiro atoms. The van der Waals surface area contributed by atoms with Crippen molar-refractivity contribution < 1.29 is 13.2 Å². The van der Waals surface area contributed by atoms with Crippen LogP contribution in [-0.2, 0) is 35.5 Å². The second-order valence-electron chi connectivity index (χ2n) is 6.29. The van der Waals surface area contributed by atoms with E-state index in [0.29, 0.717) is 25.9 Å². The zero-order valence-corrected chi connectivity index (χ0v) is 15.1. The summed E-state index contributed by atoms with van der Waals surface area (Å²) >= 11 is 0. The smallest absolute Gasteiger partial charge is 0.246 e. The van der Waals surface area contributed by atoms with Gasteiger partial charge in [0.2, 0.25) is 15.9 Å². The average Bonchev–Trinajstić information content (AvgIpc) is 3.21. The molecule has 3 heterocycles. The molecule has 1 aliphatic heterocycles. The number of aromatic nitrogens is 4. The van der Waals surface area contributed by atoms with Crippen LogP contribution in [0, 0.1) is 5.92 Å². The van der Waals surface area contributed by atoms with Crippen LogP contribution in [0.4, 0.5) is 0 Å². The molecule has 0 radical (unpaired) electrons. The Kier molecular flexibility index (Phi) is 4.91. The van der Waals surface area contributed by atoms with Gasteiger partial charge < -0.3 is 5.32 Å². The van der Waals surface area contributed by atoms with Gasteiger partial charge in [0, 0.05) is 51.7 Å². The van der Waals surface area contributed by atoms with Crippen molar-refractivity contribution in [3.8, 4) is 0 Å². The minimum absolute atomic E-state index is 0.130. The minimum Gasteiger partial charge on any atom is -0.352 e. The molecule has 2 aromatic heterocycles. The predicted molar refractivity (Wildman–Crippen MR) is 89.7 cm³/mol. The molecule has 3 rings (SSSR count). The summed E-state index contributed by atoms with van der Waals surface area (Å²) in [4.78, 5) is 12.6. The first-order valence-electron chi connectivity index (χ1n) is 8.10. The number of aryl methyl sites for hydroxylation is 2. The molecule has 0 aliphatic carbocycles. The zero-order chi connectivity index (χ0) is 18.0. The van der Waals surface area contributed by atoms with Gasteiger partial charge in [-0.05, 0) is 12.8 Å². The summed E-state index contributed by atoms with van der Waals surface area (Å²) < 4.78 is 29.9. The fourth-order valence-corrected chi connectivity index (χ4v) is 4.46. The highest BCUT2D eigenvalue weighted by molar-refractivity contribution is 7.89. The summed E-state index contributed by atoms with van der Waals surface area (Å²) in [7, 11) is -0.131. The Balaban J connectivity index is 1.63. The van der Waals surface area contributed by atoms with E-state index >= 15 is 0 Å². The van der Waals surface area contributed by atoms with Crippen LogP contribution in [0.2, 0.25) is 0 Å². The van der Waals surface area contributed by atoms with Crippen LogP contribution in [0.5, 0.6) is 0 Å². The monoisotopic (exact) mass is 366 g/mol. The fraction of sp³-hybridized carbons (Fsp3) is 0.533. The SMILES string of the molecule is Cn1cc(CNC(=O)[C@H]2CCCN(S(=O)(=O)c3cnn(C)c3)C2)cn1. The van der Waals surface area contributed by atoms with Crippen LogP contribution in [-0.4, -0.2) is 51.3 Å². The first kappa shape index (κ1) is 17.6. The van der Waals surface area contributed by atoms with E-state index in [0.717, 1.165) is 5.56 Å². The quantitative estimate of drug-likeness (QED) is 0.794. The third-order valence-corrected chi connectivity index (χ3v) is 6.12. The van der Waals surface area contributed by atoms with E-state index in [1.165, 1.54) is 21.4 Å². The molecule has 0 unspecified atom stereocenters. The summed E-state index contributed by atoms with van der Waals surface area (Å²) in [6.45, 7) is 0.998. The maximum Gasteiger partial charge on any atom is 0.246 e. The molecule has 1 fully saturated rings. The van der Waals surface area contributed by atoms with Gasteiger partial charge in [0.1, 0.15) is 4.90 Å². The Morgan fingerprint density at radius 3 is 2.60 bits per heavy atom. The van der Waals surface area contributed by atoms with Crippen LogP contribution in [0.1, 0.15) is 18.4 Å². The second kappa shape index (κ2) is 6.96. The van der Waals surface area contributed by atoms with Gasteiger partial charge in [0.25, 0.3) is 0 Å². The zero-order valence-electron chi connectivity index (χ0n) is 14.3. The molecule has 1 amide bonds. The molecule has 2 aromatic rings. The Hall–Kier alpha value is -2.20. The summed E-state index contributed by atoms with van der Waals surface area (Å²) in [5.41, 5.74) is 0.909. The first-order valence-corrected chi connectivity index (χ1v) is 9.54. The number of carbonyl (C=O) groups is 1. The molecular formula is C15H22N6O3S. The molecule has 0 saturated carbocycles. The standard InChI is InChI=1S/C15H22N6O3S/c1-19-9-12(7-17-19)6-16-15(22)13-4-3-5-21(10-13)25(23,24)14-8-18-20(2)11-14/h7-9,11,13H,3-6,10H2,1-2H3,(H,16,22)/t13-/m0/s1. The van der Waals surface area contributed by atoms with Gasteiger partial charge in [-0.15, -0.1) is 0 Å². The lowest BCUT2D eigenvalue weighted by atomic mass is 9.99. The van der Waals surface area contributed by atoms with E-state index in [2.05, 4.69) is 15.5 Å². The maximum absolute atomic E-state index is 12.7. The number of hydrogen-bond acceptors (Lipinski definition) is 5. The molecular weight excluding hydrogens is 344 g/mol.